The molecular formula is C17H18IN3O4S. The van der Waals surface area contributed by atoms with Gasteiger partial charge < -0.3 is 10.6 Å². The number of nitrogens with zero attached hydrogens (tertiary/aromatic N) is 1. The predicted molar refractivity (Wildman–Crippen MR) is 108 cm³/mol. The molecule has 0 radical (unpaired) electrons. The summed E-state index contributed by atoms with van der Waals surface area (Å²) in [6.45, 7) is 0. The van der Waals surface area contributed by atoms with Gasteiger partial charge in [0, 0.05) is 24.7 Å². The number of rotatable bonds is 5. The molecule has 0 atom stereocenters. The first-order chi connectivity index (χ1) is 12.2. The van der Waals surface area contributed by atoms with Crippen molar-refractivity contribution >= 4 is 50.1 Å². The standard InChI is InChI=1S/C17H18IN3O4S/c1-19-16(22)12-6-4-5-7-15(12)20-17(23)13-10-11(8-9-14(13)18)26(24,25)21(2)3/h4-10H,1-3H3,(H,19,22)(H,20,23). The first-order valence-corrected chi connectivity index (χ1v) is 10.0. The number of para-hydroxylation sites is 1. The molecule has 0 unspecified atom stereocenters. The molecule has 0 heterocycles. The second kappa shape index (κ2) is 8.14. The molecule has 2 aromatic carbocycles. The van der Waals surface area contributed by atoms with E-state index in [2.05, 4.69) is 10.6 Å². The fraction of sp³-hybridized carbons (Fsp3) is 0.176. The van der Waals surface area contributed by atoms with Crippen molar-refractivity contribution in [3.05, 3.63) is 57.2 Å². The van der Waals surface area contributed by atoms with Gasteiger partial charge in [-0.1, -0.05) is 12.1 Å². The van der Waals surface area contributed by atoms with Gasteiger partial charge in [0.1, 0.15) is 0 Å². The molecule has 2 N–H and O–H groups in total. The molecule has 2 rings (SSSR count). The van der Waals surface area contributed by atoms with E-state index < -0.39 is 15.9 Å². The highest BCUT2D eigenvalue weighted by Gasteiger charge is 2.21. The number of anilines is 1. The van der Waals surface area contributed by atoms with Crippen LogP contribution in [-0.2, 0) is 10.0 Å². The van der Waals surface area contributed by atoms with Crippen LogP contribution < -0.4 is 10.6 Å². The maximum atomic E-state index is 12.7. The SMILES string of the molecule is CNC(=O)c1ccccc1NC(=O)c1cc(S(=O)(=O)N(C)C)ccc1I. The van der Waals surface area contributed by atoms with E-state index in [0.717, 1.165) is 4.31 Å². The van der Waals surface area contributed by atoms with E-state index in [-0.39, 0.29) is 16.4 Å². The molecule has 0 fully saturated rings. The Balaban J connectivity index is 2.42. The third-order valence-electron chi connectivity index (χ3n) is 3.61. The summed E-state index contributed by atoms with van der Waals surface area (Å²) in [7, 11) is 0.684. The lowest BCUT2D eigenvalue weighted by Gasteiger charge is -2.14. The van der Waals surface area contributed by atoms with E-state index >= 15 is 0 Å². The van der Waals surface area contributed by atoms with Crippen molar-refractivity contribution < 1.29 is 18.0 Å². The molecule has 0 aliphatic rings. The van der Waals surface area contributed by atoms with Crippen LogP contribution in [-0.4, -0.2) is 45.7 Å². The van der Waals surface area contributed by atoms with Crippen LogP contribution in [0.15, 0.2) is 47.4 Å². The number of nitrogens with one attached hydrogen (secondary N) is 2. The molecule has 0 aliphatic heterocycles. The normalized spacial score (nSPS) is 11.3. The Bertz CT molecular complexity index is 958. The summed E-state index contributed by atoms with van der Waals surface area (Å²) < 4.78 is 26.3. The first-order valence-electron chi connectivity index (χ1n) is 7.53. The van der Waals surface area contributed by atoms with Crippen LogP contribution in [0.1, 0.15) is 20.7 Å². The lowest BCUT2D eigenvalue weighted by molar-refractivity contribution is 0.0964. The van der Waals surface area contributed by atoms with Crippen LogP contribution in [0.2, 0.25) is 0 Å². The minimum Gasteiger partial charge on any atom is -0.355 e. The predicted octanol–water partition coefficient (Wildman–Crippen LogP) is 2.15. The van der Waals surface area contributed by atoms with Gasteiger partial charge in [-0.05, 0) is 52.9 Å². The smallest absolute Gasteiger partial charge is 0.256 e. The number of benzene rings is 2. The zero-order valence-electron chi connectivity index (χ0n) is 14.4. The summed E-state index contributed by atoms with van der Waals surface area (Å²) >= 11 is 1.96. The summed E-state index contributed by atoms with van der Waals surface area (Å²) in [5, 5.41) is 5.19. The van der Waals surface area contributed by atoms with E-state index in [1.54, 1.807) is 30.3 Å². The van der Waals surface area contributed by atoms with Gasteiger partial charge in [0.25, 0.3) is 11.8 Å². The van der Waals surface area contributed by atoms with Crippen molar-refractivity contribution in [2.75, 3.05) is 26.5 Å². The summed E-state index contributed by atoms with van der Waals surface area (Å²) in [6, 6.07) is 10.9. The van der Waals surface area contributed by atoms with E-state index in [9.17, 15) is 18.0 Å². The largest absolute Gasteiger partial charge is 0.355 e. The zero-order chi connectivity index (χ0) is 19.5. The second-order valence-electron chi connectivity index (χ2n) is 5.51. The van der Waals surface area contributed by atoms with Crippen molar-refractivity contribution in [2.24, 2.45) is 0 Å². The molecule has 7 nitrogen and oxygen atoms in total. The average Bonchev–Trinajstić information content (AvgIpc) is 2.61. The maximum Gasteiger partial charge on any atom is 0.256 e. The van der Waals surface area contributed by atoms with Gasteiger partial charge in [-0.3, -0.25) is 9.59 Å². The van der Waals surface area contributed by atoms with Crippen LogP contribution in [0.5, 0.6) is 0 Å². The highest BCUT2D eigenvalue weighted by atomic mass is 127. The molecule has 0 saturated heterocycles. The number of amides is 2. The fourth-order valence-electron chi connectivity index (χ4n) is 2.16. The van der Waals surface area contributed by atoms with Gasteiger partial charge in [-0.25, -0.2) is 12.7 Å². The topological polar surface area (TPSA) is 95.6 Å². The molecule has 0 spiro atoms. The lowest BCUT2D eigenvalue weighted by Crippen LogP contribution is -2.24. The van der Waals surface area contributed by atoms with Gasteiger partial charge in [0.15, 0.2) is 0 Å². The van der Waals surface area contributed by atoms with Gasteiger partial charge >= 0.3 is 0 Å². The van der Waals surface area contributed by atoms with E-state index in [1.165, 1.54) is 33.3 Å². The molecule has 26 heavy (non-hydrogen) atoms. The fourth-order valence-corrected chi connectivity index (χ4v) is 3.67. The van der Waals surface area contributed by atoms with Crippen LogP contribution >= 0.6 is 22.6 Å². The van der Waals surface area contributed by atoms with Gasteiger partial charge in [-0.15, -0.1) is 0 Å². The van der Waals surface area contributed by atoms with E-state index in [1.807, 2.05) is 22.6 Å². The minimum absolute atomic E-state index is 0.0210. The Morgan fingerprint density at radius 1 is 1.00 bits per heavy atom. The van der Waals surface area contributed by atoms with Crippen LogP contribution in [0.4, 0.5) is 5.69 Å². The molecule has 0 aliphatic carbocycles. The number of hydrogen-bond donors (Lipinski definition) is 2. The van der Waals surface area contributed by atoms with Crippen LogP contribution in [0.25, 0.3) is 0 Å². The number of sulfonamides is 1. The Kier molecular flexibility index (Phi) is 6.37. The minimum atomic E-state index is -3.66. The zero-order valence-corrected chi connectivity index (χ0v) is 17.4. The molecule has 0 bridgehead atoms. The van der Waals surface area contributed by atoms with E-state index in [4.69, 9.17) is 0 Å². The summed E-state index contributed by atoms with van der Waals surface area (Å²) in [5.74, 6) is -0.832. The summed E-state index contributed by atoms with van der Waals surface area (Å²) in [4.78, 5) is 24.6. The Morgan fingerprint density at radius 3 is 2.27 bits per heavy atom. The second-order valence-corrected chi connectivity index (χ2v) is 8.82. The van der Waals surface area contributed by atoms with Crippen molar-refractivity contribution in [1.29, 1.82) is 0 Å². The molecule has 2 aromatic rings. The lowest BCUT2D eigenvalue weighted by atomic mass is 10.1. The quantitative estimate of drug-likeness (QED) is 0.633. The number of carbonyl (C=O) groups is 2. The third-order valence-corrected chi connectivity index (χ3v) is 6.36. The summed E-state index contributed by atoms with van der Waals surface area (Å²) in [5.41, 5.74) is 0.865. The first kappa shape index (κ1) is 20.3. The average molecular weight is 487 g/mol. The van der Waals surface area contributed by atoms with Crippen LogP contribution in [0, 0.1) is 3.57 Å². The molecule has 138 valence electrons. The highest BCUT2D eigenvalue weighted by molar-refractivity contribution is 14.1. The van der Waals surface area contributed by atoms with Crippen molar-refractivity contribution in [3.8, 4) is 0 Å². The molecule has 9 heteroatoms. The van der Waals surface area contributed by atoms with Gasteiger partial charge in [0.2, 0.25) is 10.0 Å². The van der Waals surface area contributed by atoms with Crippen molar-refractivity contribution in [2.45, 2.75) is 4.90 Å². The van der Waals surface area contributed by atoms with Crippen molar-refractivity contribution in [3.63, 3.8) is 0 Å². The third kappa shape index (κ3) is 4.22. The Hall–Kier alpha value is -1.98. The number of hydrogen-bond acceptors (Lipinski definition) is 4. The number of carbonyl (C=O) groups excluding carboxylic acids is 2. The molecule has 0 aromatic heterocycles. The highest BCUT2D eigenvalue weighted by Crippen LogP contribution is 2.22. The monoisotopic (exact) mass is 487 g/mol. The maximum absolute atomic E-state index is 12.7. The number of halogens is 1. The van der Waals surface area contributed by atoms with Crippen LogP contribution in [0.3, 0.4) is 0 Å². The van der Waals surface area contributed by atoms with E-state index in [0.29, 0.717) is 14.8 Å². The molecule has 0 saturated carbocycles. The molecular weight excluding hydrogens is 469 g/mol. The Morgan fingerprint density at radius 2 is 1.65 bits per heavy atom. The van der Waals surface area contributed by atoms with Gasteiger partial charge in [0.05, 0.1) is 21.7 Å². The van der Waals surface area contributed by atoms with Crippen molar-refractivity contribution in [1.82, 2.24) is 9.62 Å². The summed E-state index contributed by atoms with van der Waals surface area (Å²) in [6.07, 6.45) is 0. The van der Waals surface area contributed by atoms with Gasteiger partial charge in [-0.2, -0.15) is 0 Å². The molecule has 2 amide bonds. The Labute approximate surface area is 166 Å².